The molecule has 0 bridgehead atoms. The van der Waals surface area contributed by atoms with Gasteiger partial charge in [-0.3, -0.25) is 9.59 Å². The van der Waals surface area contributed by atoms with Gasteiger partial charge in [-0.25, -0.2) is 0 Å². The molecule has 1 amide bonds. The first kappa shape index (κ1) is 18.7. The Hall–Kier alpha value is -1.65. The summed E-state index contributed by atoms with van der Waals surface area (Å²) in [6.07, 6.45) is 9.54. The molecule has 1 heterocycles. The molecule has 2 aliphatic carbocycles. The van der Waals surface area contributed by atoms with Gasteiger partial charge in [0.1, 0.15) is 5.00 Å². The highest BCUT2D eigenvalue weighted by Gasteiger charge is 2.29. The number of amides is 1. The molecule has 0 radical (unpaired) electrons. The Balaban J connectivity index is 1.66. The fourth-order valence-electron chi connectivity index (χ4n) is 4.22. The SMILES string of the molecule is O=C(c1ccc(Cl)cc1)c1c(NC(=O)C2CCCCC2)sc2c1CCCC2. The van der Waals surface area contributed by atoms with Gasteiger partial charge in [-0.15, -0.1) is 11.3 Å². The van der Waals surface area contributed by atoms with Gasteiger partial charge in [-0.1, -0.05) is 30.9 Å². The van der Waals surface area contributed by atoms with E-state index in [-0.39, 0.29) is 17.6 Å². The van der Waals surface area contributed by atoms with Crippen molar-refractivity contribution >= 4 is 39.6 Å². The summed E-state index contributed by atoms with van der Waals surface area (Å²) >= 11 is 7.58. The maximum atomic E-state index is 13.3. The van der Waals surface area contributed by atoms with E-state index in [0.717, 1.165) is 61.9 Å². The van der Waals surface area contributed by atoms with Gasteiger partial charge >= 0.3 is 0 Å². The first-order valence-electron chi connectivity index (χ1n) is 9.89. The topological polar surface area (TPSA) is 46.2 Å². The number of ketones is 1. The van der Waals surface area contributed by atoms with Gasteiger partial charge in [-0.05, 0) is 68.4 Å². The largest absolute Gasteiger partial charge is 0.317 e. The first-order valence-corrected chi connectivity index (χ1v) is 11.1. The number of carbonyl (C=O) groups is 2. The molecular weight excluding hydrogens is 378 g/mol. The first-order chi connectivity index (χ1) is 13.1. The Morgan fingerprint density at radius 3 is 2.41 bits per heavy atom. The highest BCUT2D eigenvalue weighted by Crippen LogP contribution is 2.40. The van der Waals surface area contributed by atoms with Crippen molar-refractivity contribution in [2.45, 2.75) is 57.8 Å². The summed E-state index contributed by atoms with van der Waals surface area (Å²) in [5.74, 6) is 0.153. The lowest BCUT2D eigenvalue weighted by molar-refractivity contribution is -0.120. The lowest BCUT2D eigenvalue weighted by atomic mass is 9.88. The zero-order chi connectivity index (χ0) is 18.8. The van der Waals surface area contributed by atoms with Crippen LogP contribution in [0.15, 0.2) is 24.3 Å². The number of aryl methyl sites for hydroxylation is 1. The molecule has 1 N–H and O–H groups in total. The number of thiophene rings is 1. The fraction of sp³-hybridized carbons (Fsp3) is 0.455. The molecule has 1 fully saturated rings. The fourth-order valence-corrected chi connectivity index (χ4v) is 5.63. The summed E-state index contributed by atoms with van der Waals surface area (Å²) in [6, 6.07) is 7.02. The Morgan fingerprint density at radius 1 is 0.963 bits per heavy atom. The van der Waals surface area contributed by atoms with Gasteiger partial charge in [-0.2, -0.15) is 0 Å². The van der Waals surface area contributed by atoms with Crippen molar-refractivity contribution in [1.82, 2.24) is 0 Å². The van der Waals surface area contributed by atoms with Crippen molar-refractivity contribution in [1.29, 1.82) is 0 Å². The lowest BCUT2D eigenvalue weighted by Gasteiger charge is -2.20. The van der Waals surface area contributed by atoms with Crippen LogP contribution in [0.4, 0.5) is 5.00 Å². The number of nitrogens with one attached hydrogen (secondary N) is 1. The average molecular weight is 402 g/mol. The summed E-state index contributed by atoms with van der Waals surface area (Å²) in [4.78, 5) is 27.3. The number of hydrogen-bond acceptors (Lipinski definition) is 3. The predicted octanol–water partition coefficient (Wildman–Crippen LogP) is 6.03. The standard InChI is InChI=1S/C22H24ClNO2S/c23-16-12-10-14(11-13-16)20(25)19-17-8-4-5-9-18(17)27-22(19)24-21(26)15-6-2-1-3-7-15/h10-13,15H,1-9H2,(H,24,26). The molecule has 0 unspecified atom stereocenters. The van der Waals surface area contributed by atoms with Crippen LogP contribution in [0.2, 0.25) is 5.02 Å². The highest BCUT2D eigenvalue weighted by molar-refractivity contribution is 7.17. The van der Waals surface area contributed by atoms with Gasteiger partial charge in [0.2, 0.25) is 5.91 Å². The number of hydrogen-bond donors (Lipinski definition) is 1. The van der Waals surface area contributed by atoms with E-state index in [1.807, 2.05) is 0 Å². The number of benzene rings is 1. The minimum atomic E-state index is -0.00925. The van der Waals surface area contributed by atoms with E-state index in [9.17, 15) is 9.59 Å². The van der Waals surface area contributed by atoms with E-state index in [0.29, 0.717) is 16.1 Å². The molecule has 27 heavy (non-hydrogen) atoms. The number of rotatable bonds is 4. The van der Waals surface area contributed by atoms with Crippen LogP contribution in [0.3, 0.4) is 0 Å². The number of carbonyl (C=O) groups excluding carboxylic acids is 2. The molecular formula is C22H24ClNO2S. The van der Waals surface area contributed by atoms with Crippen LogP contribution in [-0.4, -0.2) is 11.7 Å². The molecule has 0 aliphatic heterocycles. The van der Waals surface area contributed by atoms with Gasteiger partial charge in [0.15, 0.2) is 5.78 Å². The highest BCUT2D eigenvalue weighted by atomic mass is 35.5. The molecule has 4 rings (SSSR count). The van der Waals surface area contributed by atoms with Crippen LogP contribution in [-0.2, 0) is 17.6 Å². The van der Waals surface area contributed by atoms with E-state index >= 15 is 0 Å². The van der Waals surface area contributed by atoms with E-state index in [1.165, 1.54) is 11.3 Å². The van der Waals surface area contributed by atoms with Gasteiger partial charge in [0.25, 0.3) is 0 Å². The van der Waals surface area contributed by atoms with Crippen molar-refractivity contribution in [3.63, 3.8) is 0 Å². The van der Waals surface area contributed by atoms with Crippen molar-refractivity contribution in [2.24, 2.45) is 5.92 Å². The molecule has 1 aromatic heterocycles. The van der Waals surface area contributed by atoms with Crippen LogP contribution in [0, 0.1) is 5.92 Å². The Labute approximate surface area is 169 Å². The summed E-state index contributed by atoms with van der Waals surface area (Å²) < 4.78 is 0. The molecule has 1 aromatic carbocycles. The number of anilines is 1. The molecule has 0 spiro atoms. The van der Waals surface area contributed by atoms with E-state index in [4.69, 9.17) is 11.6 Å². The zero-order valence-corrected chi connectivity index (χ0v) is 16.9. The van der Waals surface area contributed by atoms with Crippen LogP contribution in [0.25, 0.3) is 0 Å². The second-order valence-electron chi connectivity index (χ2n) is 7.58. The maximum absolute atomic E-state index is 13.3. The molecule has 1 saturated carbocycles. The minimum absolute atomic E-state index is 0.00925. The molecule has 0 saturated heterocycles. The van der Waals surface area contributed by atoms with Crippen molar-refractivity contribution < 1.29 is 9.59 Å². The molecule has 3 nitrogen and oxygen atoms in total. The zero-order valence-electron chi connectivity index (χ0n) is 15.4. The molecule has 5 heteroatoms. The second kappa shape index (κ2) is 8.15. The minimum Gasteiger partial charge on any atom is -0.317 e. The Kier molecular flexibility index (Phi) is 5.65. The third-order valence-corrected chi connectivity index (χ3v) is 7.18. The Bertz CT molecular complexity index is 850. The number of halogens is 1. The van der Waals surface area contributed by atoms with Crippen molar-refractivity contribution in [3.05, 3.63) is 50.9 Å². The van der Waals surface area contributed by atoms with Crippen LogP contribution >= 0.6 is 22.9 Å². The molecule has 0 atom stereocenters. The normalized spacial score (nSPS) is 17.4. The van der Waals surface area contributed by atoms with Gasteiger partial charge in [0, 0.05) is 21.4 Å². The van der Waals surface area contributed by atoms with Gasteiger partial charge in [0.05, 0.1) is 5.56 Å². The van der Waals surface area contributed by atoms with Crippen molar-refractivity contribution in [3.8, 4) is 0 Å². The van der Waals surface area contributed by atoms with Crippen LogP contribution in [0.1, 0.15) is 71.3 Å². The monoisotopic (exact) mass is 401 g/mol. The van der Waals surface area contributed by atoms with Crippen molar-refractivity contribution in [2.75, 3.05) is 5.32 Å². The quantitative estimate of drug-likeness (QED) is 0.635. The lowest BCUT2D eigenvalue weighted by Crippen LogP contribution is -2.25. The van der Waals surface area contributed by atoms with E-state index in [1.54, 1.807) is 35.6 Å². The third-order valence-electron chi connectivity index (χ3n) is 5.72. The second-order valence-corrected chi connectivity index (χ2v) is 9.12. The Morgan fingerprint density at radius 2 is 1.67 bits per heavy atom. The van der Waals surface area contributed by atoms with Crippen LogP contribution in [0.5, 0.6) is 0 Å². The molecule has 2 aromatic rings. The summed E-state index contributed by atoms with van der Waals surface area (Å²) in [5.41, 5.74) is 2.48. The molecule has 2 aliphatic rings. The maximum Gasteiger partial charge on any atom is 0.228 e. The molecule has 142 valence electrons. The summed E-state index contributed by atoms with van der Waals surface area (Å²) in [5, 5.41) is 4.50. The van der Waals surface area contributed by atoms with E-state index in [2.05, 4.69) is 5.32 Å². The smallest absolute Gasteiger partial charge is 0.228 e. The van der Waals surface area contributed by atoms with E-state index < -0.39 is 0 Å². The van der Waals surface area contributed by atoms with Crippen LogP contribution < -0.4 is 5.32 Å². The predicted molar refractivity (Wildman–Crippen MR) is 111 cm³/mol. The summed E-state index contributed by atoms with van der Waals surface area (Å²) in [6.45, 7) is 0. The summed E-state index contributed by atoms with van der Waals surface area (Å²) in [7, 11) is 0. The number of fused-ring (bicyclic) bond motifs is 1. The van der Waals surface area contributed by atoms with Gasteiger partial charge < -0.3 is 5.32 Å². The third kappa shape index (κ3) is 3.97. The average Bonchev–Trinajstić information content (AvgIpc) is 3.06.